The van der Waals surface area contributed by atoms with Crippen LogP contribution in [0.3, 0.4) is 0 Å². The van der Waals surface area contributed by atoms with Gasteiger partial charge in [0, 0.05) is 0 Å². The van der Waals surface area contributed by atoms with Crippen LogP contribution in [0.15, 0.2) is 47.4 Å². The number of benzene rings is 2. The topological polar surface area (TPSA) is 67.9 Å². The van der Waals surface area contributed by atoms with Crippen molar-refractivity contribution in [2.75, 3.05) is 18.8 Å². The maximum absolute atomic E-state index is 13.6. The number of ether oxygens (including phenoxy) is 2. The van der Waals surface area contributed by atoms with E-state index in [1.54, 1.807) is 36.4 Å². The van der Waals surface area contributed by atoms with Crippen LogP contribution in [0, 0.1) is 5.82 Å². The fraction of sp³-hybridized carbons (Fsp3) is 0.111. The van der Waals surface area contributed by atoms with E-state index in [0.717, 1.165) is 22.2 Å². The molecule has 0 aromatic heterocycles. The second kappa shape index (κ2) is 6.72. The molecule has 2 aliphatic heterocycles. The van der Waals surface area contributed by atoms with E-state index in [2.05, 4.69) is 5.32 Å². The van der Waals surface area contributed by atoms with Gasteiger partial charge in [-0.2, -0.15) is 0 Å². The van der Waals surface area contributed by atoms with Crippen molar-refractivity contribution in [2.45, 2.75) is 0 Å². The highest BCUT2D eigenvalue weighted by atomic mass is 32.2. The Kier molecular flexibility index (Phi) is 4.26. The Balaban J connectivity index is 1.49. The standard InChI is InChI=1S/C18H13FN2O4S/c19-12-3-1-2-4-13(12)20-9-21-17(22)16(26-18(21)23)8-11-5-6-14-15(7-11)25-10-24-14/h1-8,20H,9-10H2. The molecule has 0 aliphatic carbocycles. The quantitative estimate of drug-likeness (QED) is 0.826. The van der Waals surface area contributed by atoms with Gasteiger partial charge in [-0.25, -0.2) is 4.39 Å². The summed E-state index contributed by atoms with van der Waals surface area (Å²) in [6, 6.07) is 11.3. The molecule has 1 fully saturated rings. The summed E-state index contributed by atoms with van der Waals surface area (Å²) in [7, 11) is 0. The second-order valence-electron chi connectivity index (χ2n) is 5.54. The van der Waals surface area contributed by atoms with E-state index in [1.165, 1.54) is 12.1 Å². The Morgan fingerprint density at radius 2 is 1.96 bits per heavy atom. The molecule has 2 heterocycles. The van der Waals surface area contributed by atoms with Crippen LogP contribution in [-0.2, 0) is 4.79 Å². The molecule has 8 heteroatoms. The summed E-state index contributed by atoms with van der Waals surface area (Å²) in [5.41, 5.74) is 0.952. The van der Waals surface area contributed by atoms with Gasteiger partial charge in [-0.3, -0.25) is 14.5 Å². The number of amides is 2. The Labute approximate surface area is 152 Å². The fourth-order valence-electron chi connectivity index (χ4n) is 2.56. The molecule has 0 spiro atoms. The van der Waals surface area contributed by atoms with Crippen LogP contribution in [0.4, 0.5) is 14.9 Å². The Bertz CT molecular complexity index is 931. The minimum Gasteiger partial charge on any atom is -0.454 e. The van der Waals surface area contributed by atoms with Gasteiger partial charge >= 0.3 is 0 Å². The molecular weight excluding hydrogens is 359 g/mol. The van der Waals surface area contributed by atoms with E-state index in [4.69, 9.17) is 9.47 Å². The summed E-state index contributed by atoms with van der Waals surface area (Å²) in [6.07, 6.45) is 1.62. The summed E-state index contributed by atoms with van der Waals surface area (Å²) in [5.74, 6) is 0.361. The van der Waals surface area contributed by atoms with Crippen molar-refractivity contribution < 1.29 is 23.5 Å². The van der Waals surface area contributed by atoms with Crippen LogP contribution in [0.5, 0.6) is 11.5 Å². The summed E-state index contributed by atoms with van der Waals surface area (Å²) >= 11 is 0.842. The van der Waals surface area contributed by atoms with Gasteiger partial charge in [0.2, 0.25) is 6.79 Å². The van der Waals surface area contributed by atoms with E-state index in [-0.39, 0.29) is 19.1 Å². The Hall–Kier alpha value is -3.00. The highest BCUT2D eigenvalue weighted by Crippen LogP contribution is 2.36. The molecule has 2 aliphatic rings. The van der Waals surface area contributed by atoms with Gasteiger partial charge in [0.25, 0.3) is 11.1 Å². The van der Waals surface area contributed by atoms with E-state index < -0.39 is 17.0 Å². The molecule has 1 N–H and O–H groups in total. The van der Waals surface area contributed by atoms with E-state index in [0.29, 0.717) is 16.4 Å². The molecule has 132 valence electrons. The third-order valence-electron chi connectivity index (χ3n) is 3.87. The molecule has 4 rings (SSSR count). The largest absolute Gasteiger partial charge is 0.454 e. The lowest BCUT2D eigenvalue weighted by molar-refractivity contribution is -0.122. The zero-order valence-electron chi connectivity index (χ0n) is 13.4. The van der Waals surface area contributed by atoms with Crippen molar-refractivity contribution in [1.29, 1.82) is 0 Å². The molecule has 2 amide bonds. The van der Waals surface area contributed by atoms with Crippen LogP contribution >= 0.6 is 11.8 Å². The molecule has 0 radical (unpaired) electrons. The van der Waals surface area contributed by atoms with Gasteiger partial charge in [-0.05, 0) is 47.7 Å². The van der Waals surface area contributed by atoms with Crippen LogP contribution in [0.25, 0.3) is 6.08 Å². The van der Waals surface area contributed by atoms with Crippen LogP contribution in [0.1, 0.15) is 5.56 Å². The van der Waals surface area contributed by atoms with Gasteiger partial charge in [0.05, 0.1) is 17.3 Å². The highest BCUT2D eigenvalue weighted by molar-refractivity contribution is 8.18. The van der Waals surface area contributed by atoms with Crippen molar-refractivity contribution in [2.24, 2.45) is 0 Å². The zero-order valence-corrected chi connectivity index (χ0v) is 14.2. The number of rotatable bonds is 4. The average molecular weight is 372 g/mol. The Morgan fingerprint density at radius 3 is 2.81 bits per heavy atom. The lowest BCUT2D eigenvalue weighted by atomic mass is 10.2. The Morgan fingerprint density at radius 1 is 1.15 bits per heavy atom. The number of hydrogen-bond donors (Lipinski definition) is 1. The number of carbonyl (C=O) groups is 2. The monoisotopic (exact) mass is 372 g/mol. The fourth-order valence-corrected chi connectivity index (χ4v) is 3.40. The first-order valence-electron chi connectivity index (χ1n) is 7.75. The first kappa shape index (κ1) is 16.5. The normalized spacial score (nSPS) is 17.3. The number of nitrogens with one attached hydrogen (secondary N) is 1. The average Bonchev–Trinajstić information content (AvgIpc) is 3.19. The molecule has 6 nitrogen and oxygen atoms in total. The molecule has 26 heavy (non-hydrogen) atoms. The molecular formula is C18H13FN2O4S. The smallest absolute Gasteiger partial charge is 0.295 e. The minimum atomic E-state index is -0.449. The van der Waals surface area contributed by atoms with E-state index >= 15 is 0 Å². The molecule has 2 aromatic carbocycles. The molecule has 0 unspecified atom stereocenters. The van der Waals surface area contributed by atoms with E-state index in [1.807, 2.05) is 0 Å². The number of anilines is 1. The number of fused-ring (bicyclic) bond motifs is 1. The summed E-state index contributed by atoms with van der Waals surface area (Å²) in [5, 5.41) is 2.36. The van der Waals surface area contributed by atoms with Crippen molar-refractivity contribution in [3.8, 4) is 11.5 Å². The van der Waals surface area contributed by atoms with Gasteiger partial charge in [0.1, 0.15) is 5.82 Å². The molecule has 0 saturated carbocycles. The zero-order chi connectivity index (χ0) is 18.1. The summed E-state index contributed by atoms with van der Waals surface area (Å²) in [4.78, 5) is 25.9. The van der Waals surface area contributed by atoms with Gasteiger partial charge in [-0.1, -0.05) is 18.2 Å². The molecule has 0 atom stereocenters. The number of imide groups is 1. The van der Waals surface area contributed by atoms with Crippen molar-refractivity contribution in [3.63, 3.8) is 0 Å². The summed E-state index contributed by atoms with van der Waals surface area (Å²) < 4.78 is 24.2. The maximum atomic E-state index is 13.6. The third kappa shape index (κ3) is 3.11. The van der Waals surface area contributed by atoms with Crippen LogP contribution in [0.2, 0.25) is 0 Å². The minimum absolute atomic E-state index is 0.107. The van der Waals surface area contributed by atoms with Gasteiger partial charge in [-0.15, -0.1) is 0 Å². The SMILES string of the molecule is O=C1SC(=Cc2ccc3c(c2)OCO3)C(=O)N1CNc1ccccc1F. The molecule has 1 saturated heterocycles. The molecule has 2 aromatic rings. The van der Waals surface area contributed by atoms with E-state index in [9.17, 15) is 14.0 Å². The lowest BCUT2D eigenvalue weighted by Crippen LogP contribution is -2.33. The van der Waals surface area contributed by atoms with Gasteiger partial charge in [0.15, 0.2) is 11.5 Å². The second-order valence-corrected chi connectivity index (χ2v) is 6.53. The number of carbonyl (C=O) groups excluding carboxylic acids is 2. The van der Waals surface area contributed by atoms with Crippen molar-refractivity contribution >= 4 is 34.7 Å². The predicted molar refractivity (Wildman–Crippen MR) is 95.3 cm³/mol. The number of hydrogen-bond acceptors (Lipinski definition) is 6. The number of halogens is 1. The van der Waals surface area contributed by atoms with Crippen molar-refractivity contribution in [3.05, 3.63) is 58.8 Å². The number of thioether (sulfide) groups is 1. The molecule has 0 bridgehead atoms. The maximum Gasteiger partial charge on any atom is 0.295 e. The number of nitrogens with zero attached hydrogens (tertiary/aromatic N) is 1. The number of para-hydroxylation sites is 1. The first-order valence-corrected chi connectivity index (χ1v) is 8.57. The first-order chi connectivity index (χ1) is 12.6. The van der Waals surface area contributed by atoms with Crippen molar-refractivity contribution in [1.82, 2.24) is 4.90 Å². The third-order valence-corrected chi connectivity index (χ3v) is 4.78. The van der Waals surface area contributed by atoms with Crippen LogP contribution in [-0.4, -0.2) is 29.5 Å². The lowest BCUT2D eigenvalue weighted by Gasteiger charge is -2.14. The summed E-state index contributed by atoms with van der Waals surface area (Å²) in [6.45, 7) is 0.0566. The highest BCUT2D eigenvalue weighted by Gasteiger charge is 2.35. The van der Waals surface area contributed by atoms with Gasteiger partial charge < -0.3 is 14.8 Å². The van der Waals surface area contributed by atoms with Crippen LogP contribution < -0.4 is 14.8 Å². The predicted octanol–water partition coefficient (Wildman–Crippen LogP) is 3.66.